The van der Waals surface area contributed by atoms with Crippen molar-refractivity contribution >= 4 is 35.0 Å². The topological polar surface area (TPSA) is 66.2 Å². The predicted molar refractivity (Wildman–Crippen MR) is 70.7 cm³/mol. The highest BCUT2D eigenvalue weighted by molar-refractivity contribution is 6.07. The van der Waals surface area contributed by atoms with E-state index in [9.17, 15) is 10.2 Å². The number of hydrogen-bond donors (Lipinski definition) is 2. The number of nitrogens with zero attached hydrogens (tertiary/aromatic N) is 2. The van der Waals surface area contributed by atoms with Crippen LogP contribution in [0.15, 0.2) is 24.5 Å². The second kappa shape index (κ2) is 3.43. The van der Waals surface area contributed by atoms with Crippen molar-refractivity contribution in [3.63, 3.8) is 0 Å². The van der Waals surface area contributed by atoms with Crippen LogP contribution < -0.4 is 10.4 Å². The molecule has 2 heterocycles. The Labute approximate surface area is 102 Å². The third-order valence-corrected chi connectivity index (χ3v) is 3.00. The maximum Gasteiger partial charge on any atom is 0.152 e. The number of aromatic hydroxyl groups is 2. The van der Waals surface area contributed by atoms with Crippen molar-refractivity contribution < 1.29 is 10.2 Å². The van der Waals surface area contributed by atoms with E-state index in [4.69, 9.17) is 0 Å². The monoisotopic (exact) mass is 238 g/mol. The Hall–Kier alpha value is -2.62. The predicted octanol–water partition coefficient (Wildman–Crippen LogP) is 1.01. The number of benzene rings is 1. The number of aromatic nitrogens is 2. The van der Waals surface area contributed by atoms with Gasteiger partial charge in [0, 0.05) is 12.4 Å². The second-order valence-corrected chi connectivity index (χ2v) is 4.08. The van der Waals surface area contributed by atoms with Crippen LogP contribution in [0.25, 0.3) is 35.0 Å². The van der Waals surface area contributed by atoms with E-state index in [0.29, 0.717) is 32.2 Å². The molecule has 0 fully saturated rings. The van der Waals surface area contributed by atoms with Gasteiger partial charge in [-0.1, -0.05) is 13.2 Å². The van der Waals surface area contributed by atoms with Gasteiger partial charge >= 0.3 is 0 Å². The van der Waals surface area contributed by atoms with E-state index in [1.165, 1.54) is 12.4 Å². The minimum absolute atomic E-state index is 0.0265. The van der Waals surface area contributed by atoms with E-state index < -0.39 is 0 Å². The first kappa shape index (κ1) is 10.5. The fraction of sp³-hybridized carbons (Fsp3) is 0. The fourth-order valence-electron chi connectivity index (χ4n) is 2.13. The lowest BCUT2D eigenvalue weighted by Gasteiger charge is -2.08. The van der Waals surface area contributed by atoms with E-state index in [1.807, 2.05) is 0 Å². The summed E-state index contributed by atoms with van der Waals surface area (Å²) in [6.07, 6.45) is 3.07. The molecule has 3 rings (SSSR count). The van der Waals surface area contributed by atoms with Crippen LogP contribution in [0.1, 0.15) is 0 Å². The lowest BCUT2D eigenvalue weighted by Crippen LogP contribution is -2.05. The summed E-state index contributed by atoms with van der Waals surface area (Å²) in [7, 11) is 0. The summed E-state index contributed by atoms with van der Waals surface area (Å²) >= 11 is 0. The van der Waals surface area contributed by atoms with Gasteiger partial charge in [-0.3, -0.25) is 9.97 Å². The van der Waals surface area contributed by atoms with Gasteiger partial charge in [0.05, 0.1) is 10.8 Å². The molecule has 18 heavy (non-hydrogen) atoms. The zero-order valence-electron chi connectivity index (χ0n) is 9.51. The Morgan fingerprint density at radius 1 is 0.778 bits per heavy atom. The first-order chi connectivity index (χ1) is 8.61. The molecule has 88 valence electrons. The normalized spacial score (nSPS) is 11.1. The average molecular weight is 238 g/mol. The summed E-state index contributed by atoms with van der Waals surface area (Å²) in [5.41, 5.74) is 0.621. The third kappa shape index (κ3) is 1.20. The summed E-state index contributed by atoms with van der Waals surface area (Å²) in [4.78, 5) is 8.18. The standard InChI is InChI=1S/C14H10N2O2/c1-7-3-5-15-11-9(7)13(17)12-10(14(11)18)8(2)4-6-16-12/h3-6,17-18H,1-2H2. The molecular weight excluding hydrogens is 228 g/mol. The number of pyridine rings is 2. The molecule has 2 N–H and O–H groups in total. The van der Waals surface area contributed by atoms with Crippen molar-refractivity contribution in [3.05, 3.63) is 35.0 Å². The molecule has 1 aromatic carbocycles. The summed E-state index contributed by atoms with van der Waals surface area (Å²) in [5.74, 6) is -0.0530. The first-order valence-corrected chi connectivity index (χ1v) is 5.36. The van der Waals surface area contributed by atoms with Gasteiger partial charge in [-0.05, 0) is 22.6 Å². The van der Waals surface area contributed by atoms with Crippen LogP contribution in [0.3, 0.4) is 0 Å². The Morgan fingerprint density at radius 3 is 1.56 bits per heavy atom. The number of fused-ring (bicyclic) bond motifs is 2. The van der Waals surface area contributed by atoms with Crippen LogP contribution in [-0.2, 0) is 0 Å². The molecule has 0 aliphatic heterocycles. The molecule has 0 aliphatic carbocycles. The Bertz CT molecular complexity index is 812. The van der Waals surface area contributed by atoms with E-state index in [2.05, 4.69) is 23.1 Å². The molecule has 0 unspecified atom stereocenters. The molecule has 4 nitrogen and oxygen atoms in total. The van der Waals surface area contributed by atoms with Crippen molar-refractivity contribution in [1.29, 1.82) is 0 Å². The number of phenols is 2. The molecule has 2 aromatic heterocycles. The smallest absolute Gasteiger partial charge is 0.152 e. The molecule has 0 spiro atoms. The van der Waals surface area contributed by atoms with Crippen molar-refractivity contribution in [2.24, 2.45) is 0 Å². The van der Waals surface area contributed by atoms with Crippen LogP contribution in [0, 0.1) is 0 Å². The highest BCUT2D eigenvalue weighted by atomic mass is 16.3. The zero-order valence-corrected chi connectivity index (χ0v) is 9.51. The van der Waals surface area contributed by atoms with Crippen molar-refractivity contribution in [1.82, 2.24) is 9.97 Å². The second-order valence-electron chi connectivity index (χ2n) is 4.08. The Morgan fingerprint density at radius 2 is 1.17 bits per heavy atom. The molecule has 4 heteroatoms. The van der Waals surface area contributed by atoms with Crippen LogP contribution in [0.4, 0.5) is 0 Å². The maximum atomic E-state index is 10.3. The van der Waals surface area contributed by atoms with Crippen LogP contribution in [0.5, 0.6) is 11.5 Å². The molecule has 0 radical (unpaired) electrons. The Kier molecular flexibility index (Phi) is 2.01. The lowest BCUT2D eigenvalue weighted by atomic mass is 10.1. The lowest BCUT2D eigenvalue weighted by molar-refractivity contribution is 0.476. The summed E-state index contributed by atoms with van der Waals surface area (Å²) in [6, 6.07) is 3.34. The van der Waals surface area contributed by atoms with Crippen molar-refractivity contribution in [2.45, 2.75) is 0 Å². The van der Waals surface area contributed by atoms with Crippen molar-refractivity contribution in [3.8, 4) is 11.5 Å². The molecule has 0 aliphatic rings. The largest absolute Gasteiger partial charge is 0.505 e. The average Bonchev–Trinajstić information content (AvgIpc) is 2.35. The molecule has 0 bridgehead atoms. The number of hydrogen-bond acceptors (Lipinski definition) is 4. The third-order valence-electron chi connectivity index (χ3n) is 3.00. The summed E-state index contributed by atoms with van der Waals surface area (Å²) in [6.45, 7) is 7.65. The van der Waals surface area contributed by atoms with E-state index in [-0.39, 0.29) is 11.5 Å². The fourth-order valence-corrected chi connectivity index (χ4v) is 2.13. The van der Waals surface area contributed by atoms with Crippen LogP contribution in [0.2, 0.25) is 0 Å². The molecule has 3 aromatic rings. The summed E-state index contributed by atoms with van der Waals surface area (Å²) < 4.78 is 0. The summed E-state index contributed by atoms with van der Waals surface area (Å²) in [5, 5.41) is 22.5. The quantitative estimate of drug-likeness (QED) is 0.453. The molecular formula is C14H10N2O2. The van der Waals surface area contributed by atoms with Gasteiger partial charge in [0.2, 0.25) is 0 Å². The molecule has 0 atom stereocenters. The minimum atomic E-state index is -0.0265. The van der Waals surface area contributed by atoms with Gasteiger partial charge in [-0.2, -0.15) is 0 Å². The number of rotatable bonds is 0. The van der Waals surface area contributed by atoms with Gasteiger partial charge in [-0.25, -0.2) is 0 Å². The van der Waals surface area contributed by atoms with Crippen LogP contribution in [-0.4, -0.2) is 20.2 Å². The van der Waals surface area contributed by atoms with Gasteiger partial charge < -0.3 is 10.2 Å². The SMILES string of the molecule is C=c1ccnc2c(O)c3c(=C)ccnc3c(O)c12. The molecule has 0 saturated heterocycles. The van der Waals surface area contributed by atoms with Gasteiger partial charge in [-0.15, -0.1) is 0 Å². The molecule has 0 saturated carbocycles. The first-order valence-electron chi connectivity index (χ1n) is 5.36. The Balaban J connectivity index is 2.80. The highest BCUT2D eigenvalue weighted by Crippen LogP contribution is 2.35. The molecule has 0 amide bonds. The zero-order chi connectivity index (χ0) is 12.9. The van der Waals surface area contributed by atoms with Crippen molar-refractivity contribution in [2.75, 3.05) is 0 Å². The van der Waals surface area contributed by atoms with Crippen LogP contribution >= 0.6 is 0 Å². The van der Waals surface area contributed by atoms with E-state index in [0.717, 1.165) is 0 Å². The van der Waals surface area contributed by atoms with Gasteiger partial charge in [0.15, 0.2) is 11.5 Å². The number of phenolic OH excluding ortho intramolecular Hbond substituents is 2. The van der Waals surface area contributed by atoms with E-state index >= 15 is 0 Å². The van der Waals surface area contributed by atoms with E-state index in [1.54, 1.807) is 12.1 Å². The van der Waals surface area contributed by atoms with Gasteiger partial charge in [0.25, 0.3) is 0 Å². The van der Waals surface area contributed by atoms with Gasteiger partial charge in [0.1, 0.15) is 11.0 Å². The minimum Gasteiger partial charge on any atom is -0.505 e. The maximum absolute atomic E-state index is 10.3. The highest BCUT2D eigenvalue weighted by Gasteiger charge is 2.15.